The molecule has 0 spiro atoms. The number of benzene rings is 2. The topological polar surface area (TPSA) is 42.0 Å². The first kappa shape index (κ1) is 18.0. The largest absolute Gasteiger partial charge is 0.302 e. The number of thiazole rings is 1. The van der Waals surface area contributed by atoms with Crippen LogP contribution in [0.4, 0.5) is 5.13 Å². The number of hydrogen-bond acceptors (Lipinski definition) is 4. The van der Waals surface area contributed by atoms with E-state index in [0.717, 1.165) is 16.0 Å². The molecule has 3 rings (SSSR count). The SMILES string of the molecule is Cc1ccc(SCCC(=O)Nc2nc3c(C(C)C)cccc3s2)cc1. The monoisotopic (exact) mass is 370 g/mol. The number of anilines is 1. The molecule has 5 heteroatoms. The summed E-state index contributed by atoms with van der Waals surface area (Å²) in [6.07, 6.45) is 0.478. The Morgan fingerprint density at radius 3 is 2.68 bits per heavy atom. The van der Waals surface area contributed by atoms with Crippen molar-refractivity contribution in [2.45, 2.75) is 38.0 Å². The fraction of sp³-hybridized carbons (Fsp3) is 0.300. The second-order valence-corrected chi connectivity index (χ2v) is 8.53. The van der Waals surface area contributed by atoms with E-state index >= 15 is 0 Å². The number of aromatic nitrogens is 1. The van der Waals surface area contributed by atoms with Crippen molar-refractivity contribution in [2.75, 3.05) is 11.1 Å². The second-order valence-electron chi connectivity index (χ2n) is 6.33. The maximum Gasteiger partial charge on any atom is 0.226 e. The Balaban J connectivity index is 1.58. The number of amides is 1. The molecule has 25 heavy (non-hydrogen) atoms. The number of para-hydroxylation sites is 1. The van der Waals surface area contributed by atoms with Gasteiger partial charge in [0.05, 0.1) is 10.2 Å². The number of thioether (sulfide) groups is 1. The third kappa shape index (κ3) is 4.61. The van der Waals surface area contributed by atoms with Gasteiger partial charge in [-0.1, -0.05) is 55.0 Å². The summed E-state index contributed by atoms with van der Waals surface area (Å²) >= 11 is 3.24. The van der Waals surface area contributed by atoms with E-state index in [-0.39, 0.29) is 5.91 Å². The molecule has 1 aromatic heterocycles. The molecule has 3 aromatic rings. The Bertz CT molecular complexity index is 869. The predicted molar refractivity (Wildman–Crippen MR) is 109 cm³/mol. The Labute approximate surface area is 156 Å². The number of hydrogen-bond donors (Lipinski definition) is 1. The minimum atomic E-state index is 0.0183. The van der Waals surface area contributed by atoms with Crippen LogP contribution >= 0.6 is 23.1 Å². The van der Waals surface area contributed by atoms with Crippen LogP contribution < -0.4 is 5.32 Å². The van der Waals surface area contributed by atoms with Crippen LogP contribution in [0.5, 0.6) is 0 Å². The van der Waals surface area contributed by atoms with Gasteiger partial charge >= 0.3 is 0 Å². The zero-order valence-corrected chi connectivity index (χ0v) is 16.3. The molecular weight excluding hydrogens is 348 g/mol. The minimum Gasteiger partial charge on any atom is -0.302 e. The van der Waals surface area contributed by atoms with E-state index in [2.05, 4.69) is 73.5 Å². The Morgan fingerprint density at radius 1 is 1.20 bits per heavy atom. The Hall–Kier alpha value is -1.85. The van der Waals surface area contributed by atoms with Crippen LogP contribution in [0.3, 0.4) is 0 Å². The van der Waals surface area contributed by atoms with E-state index in [1.54, 1.807) is 11.8 Å². The molecule has 0 radical (unpaired) electrons. The van der Waals surface area contributed by atoms with Crippen LogP contribution in [0.25, 0.3) is 10.2 Å². The smallest absolute Gasteiger partial charge is 0.226 e. The molecule has 0 aliphatic heterocycles. The van der Waals surface area contributed by atoms with Crippen molar-refractivity contribution in [3.63, 3.8) is 0 Å². The number of aryl methyl sites for hydroxylation is 1. The summed E-state index contributed by atoms with van der Waals surface area (Å²) in [4.78, 5) is 18.0. The maximum atomic E-state index is 12.2. The van der Waals surface area contributed by atoms with E-state index in [1.807, 2.05) is 0 Å². The fourth-order valence-electron chi connectivity index (χ4n) is 2.57. The molecule has 3 nitrogen and oxygen atoms in total. The van der Waals surface area contributed by atoms with Crippen LogP contribution in [0.1, 0.15) is 37.3 Å². The van der Waals surface area contributed by atoms with Crippen molar-refractivity contribution >= 4 is 44.4 Å². The summed E-state index contributed by atoms with van der Waals surface area (Å²) in [7, 11) is 0. The summed E-state index contributed by atoms with van der Waals surface area (Å²) < 4.78 is 1.12. The zero-order chi connectivity index (χ0) is 17.8. The molecule has 130 valence electrons. The van der Waals surface area contributed by atoms with Gasteiger partial charge in [-0.2, -0.15) is 0 Å². The van der Waals surface area contributed by atoms with E-state index in [0.29, 0.717) is 17.5 Å². The highest BCUT2D eigenvalue weighted by Crippen LogP contribution is 2.31. The Morgan fingerprint density at radius 2 is 1.96 bits per heavy atom. The molecule has 0 fully saturated rings. The third-order valence-corrected chi connectivity index (χ3v) is 5.89. The van der Waals surface area contributed by atoms with Gasteiger partial charge in [0.1, 0.15) is 0 Å². The summed E-state index contributed by atoms with van der Waals surface area (Å²) in [6, 6.07) is 14.6. The van der Waals surface area contributed by atoms with Crippen LogP contribution in [-0.4, -0.2) is 16.6 Å². The predicted octanol–water partition coefficient (Wildman–Crippen LogP) is 5.85. The molecule has 1 heterocycles. The van der Waals surface area contributed by atoms with Gasteiger partial charge < -0.3 is 5.32 Å². The van der Waals surface area contributed by atoms with Gasteiger partial charge in [0.2, 0.25) is 5.91 Å². The normalized spacial score (nSPS) is 11.2. The average molecular weight is 371 g/mol. The van der Waals surface area contributed by atoms with Crippen molar-refractivity contribution in [2.24, 2.45) is 0 Å². The van der Waals surface area contributed by atoms with Crippen molar-refractivity contribution < 1.29 is 4.79 Å². The van der Waals surface area contributed by atoms with E-state index in [4.69, 9.17) is 0 Å². The molecule has 0 aliphatic rings. The van der Waals surface area contributed by atoms with Crippen molar-refractivity contribution in [3.8, 4) is 0 Å². The molecule has 0 saturated carbocycles. The van der Waals surface area contributed by atoms with Crippen LogP contribution in [0, 0.1) is 6.92 Å². The average Bonchev–Trinajstić information content (AvgIpc) is 2.98. The lowest BCUT2D eigenvalue weighted by molar-refractivity contribution is -0.115. The molecule has 2 aromatic carbocycles. The second kappa shape index (κ2) is 8.02. The molecule has 0 bridgehead atoms. The van der Waals surface area contributed by atoms with Crippen molar-refractivity contribution in [1.82, 2.24) is 4.98 Å². The Kier molecular flexibility index (Phi) is 5.76. The van der Waals surface area contributed by atoms with Gasteiger partial charge in [-0.25, -0.2) is 4.98 Å². The van der Waals surface area contributed by atoms with E-state index < -0.39 is 0 Å². The third-order valence-electron chi connectivity index (χ3n) is 3.94. The lowest BCUT2D eigenvalue weighted by Gasteiger charge is -2.04. The first-order chi connectivity index (χ1) is 12.0. The summed E-state index contributed by atoms with van der Waals surface area (Å²) in [6.45, 7) is 6.40. The summed E-state index contributed by atoms with van der Waals surface area (Å²) in [5.41, 5.74) is 3.48. The molecular formula is C20H22N2OS2. The number of fused-ring (bicyclic) bond motifs is 1. The van der Waals surface area contributed by atoms with Crippen molar-refractivity contribution in [3.05, 3.63) is 53.6 Å². The highest BCUT2D eigenvalue weighted by molar-refractivity contribution is 7.99. The standard InChI is InChI=1S/C20H22N2OS2/c1-13(2)16-5-4-6-17-19(16)22-20(25-17)21-18(23)11-12-24-15-9-7-14(3)8-10-15/h4-10,13H,11-12H2,1-3H3,(H,21,22,23). The summed E-state index contributed by atoms with van der Waals surface area (Å²) in [5.74, 6) is 1.20. The first-order valence-electron chi connectivity index (χ1n) is 8.41. The number of carbonyl (C=O) groups is 1. The molecule has 0 aliphatic carbocycles. The number of nitrogens with zero attached hydrogens (tertiary/aromatic N) is 1. The number of carbonyl (C=O) groups excluding carboxylic acids is 1. The maximum absolute atomic E-state index is 12.2. The zero-order valence-electron chi connectivity index (χ0n) is 14.7. The molecule has 0 unspecified atom stereocenters. The van der Waals surface area contributed by atoms with Crippen LogP contribution in [-0.2, 0) is 4.79 Å². The number of rotatable bonds is 6. The highest BCUT2D eigenvalue weighted by atomic mass is 32.2. The quantitative estimate of drug-likeness (QED) is 0.554. The molecule has 0 atom stereocenters. The lowest BCUT2D eigenvalue weighted by atomic mass is 10.0. The molecule has 1 N–H and O–H groups in total. The first-order valence-corrected chi connectivity index (χ1v) is 10.2. The number of nitrogens with one attached hydrogen (secondary N) is 1. The van der Waals surface area contributed by atoms with E-state index in [1.165, 1.54) is 27.4 Å². The molecule has 1 amide bonds. The van der Waals surface area contributed by atoms with Crippen LogP contribution in [0.2, 0.25) is 0 Å². The van der Waals surface area contributed by atoms with Crippen molar-refractivity contribution in [1.29, 1.82) is 0 Å². The summed E-state index contributed by atoms with van der Waals surface area (Å²) in [5, 5.41) is 3.64. The minimum absolute atomic E-state index is 0.0183. The van der Waals surface area contributed by atoms with Gasteiger partial charge in [-0.3, -0.25) is 4.79 Å². The van der Waals surface area contributed by atoms with Gasteiger partial charge in [0.15, 0.2) is 5.13 Å². The van der Waals surface area contributed by atoms with Gasteiger partial charge in [0.25, 0.3) is 0 Å². The van der Waals surface area contributed by atoms with E-state index in [9.17, 15) is 4.79 Å². The van der Waals surface area contributed by atoms with Gasteiger partial charge in [-0.15, -0.1) is 11.8 Å². The van der Waals surface area contributed by atoms with Crippen LogP contribution in [0.15, 0.2) is 47.4 Å². The fourth-order valence-corrected chi connectivity index (χ4v) is 4.34. The van der Waals surface area contributed by atoms with Gasteiger partial charge in [0, 0.05) is 17.1 Å². The molecule has 0 saturated heterocycles. The van der Waals surface area contributed by atoms with Gasteiger partial charge in [-0.05, 0) is 36.6 Å². The highest BCUT2D eigenvalue weighted by Gasteiger charge is 2.12. The lowest BCUT2D eigenvalue weighted by Crippen LogP contribution is -2.11.